The highest BCUT2D eigenvalue weighted by Crippen LogP contribution is 2.34. The zero-order valence-corrected chi connectivity index (χ0v) is 14.3. The summed E-state index contributed by atoms with van der Waals surface area (Å²) in [5.41, 5.74) is 2.76. The predicted molar refractivity (Wildman–Crippen MR) is 94.2 cm³/mol. The molecule has 2 atom stereocenters. The summed E-state index contributed by atoms with van der Waals surface area (Å²) in [6, 6.07) is 8.03. The van der Waals surface area contributed by atoms with Crippen molar-refractivity contribution in [2.75, 3.05) is 11.9 Å². The number of ether oxygens (including phenoxy) is 1. The van der Waals surface area contributed by atoms with Gasteiger partial charge in [0.25, 0.3) is 0 Å². The summed E-state index contributed by atoms with van der Waals surface area (Å²) >= 11 is 0. The van der Waals surface area contributed by atoms with Gasteiger partial charge in [0.2, 0.25) is 5.91 Å². The quantitative estimate of drug-likeness (QED) is 0.747. The Bertz CT molecular complexity index is 913. The van der Waals surface area contributed by atoms with Crippen LogP contribution >= 0.6 is 0 Å². The van der Waals surface area contributed by atoms with Gasteiger partial charge in [0, 0.05) is 19.9 Å². The van der Waals surface area contributed by atoms with Crippen LogP contribution in [0.4, 0.5) is 5.69 Å². The fraction of sp³-hybridized carbons (Fsp3) is 0.389. The summed E-state index contributed by atoms with van der Waals surface area (Å²) in [6.45, 7) is 3.13. The number of amides is 1. The van der Waals surface area contributed by atoms with Gasteiger partial charge >= 0.3 is 0 Å². The second-order valence-corrected chi connectivity index (χ2v) is 6.33. The minimum absolute atomic E-state index is 0.000676. The maximum atomic E-state index is 12.2. The Labute approximate surface area is 145 Å². The zero-order valence-electron chi connectivity index (χ0n) is 14.3. The third-order valence-corrected chi connectivity index (χ3v) is 4.53. The van der Waals surface area contributed by atoms with Crippen LogP contribution in [0.25, 0.3) is 11.0 Å². The first kappa shape index (κ1) is 15.8. The molecular weight excluding hydrogens is 318 g/mol. The van der Waals surface area contributed by atoms with Crippen molar-refractivity contribution >= 4 is 22.6 Å². The van der Waals surface area contributed by atoms with E-state index in [4.69, 9.17) is 4.74 Å². The Morgan fingerprint density at radius 2 is 2.24 bits per heavy atom. The highest BCUT2D eigenvalue weighted by molar-refractivity contribution is 5.94. The first-order valence-corrected chi connectivity index (χ1v) is 8.51. The lowest BCUT2D eigenvalue weighted by atomic mass is 10.3. The predicted octanol–water partition coefficient (Wildman–Crippen LogP) is 2.18. The monoisotopic (exact) mass is 339 g/mol. The van der Waals surface area contributed by atoms with Gasteiger partial charge in [-0.05, 0) is 25.5 Å². The third kappa shape index (κ3) is 3.15. The Hall–Kier alpha value is -2.67. The van der Waals surface area contributed by atoms with Crippen molar-refractivity contribution in [3.05, 3.63) is 42.5 Å². The Kier molecular flexibility index (Phi) is 4.01. The number of nitrogens with one attached hydrogen (secondary N) is 1. The second kappa shape index (κ2) is 6.33. The van der Waals surface area contributed by atoms with Crippen molar-refractivity contribution in [1.29, 1.82) is 0 Å². The van der Waals surface area contributed by atoms with Crippen LogP contribution in [0.5, 0.6) is 0 Å². The van der Waals surface area contributed by atoms with Crippen LogP contribution in [0.15, 0.2) is 36.7 Å². The van der Waals surface area contributed by atoms with E-state index in [-0.39, 0.29) is 17.9 Å². The van der Waals surface area contributed by atoms with Gasteiger partial charge in [-0.3, -0.25) is 9.48 Å². The topological polar surface area (TPSA) is 74.0 Å². The molecule has 3 aromatic rings. The number of rotatable bonds is 6. The number of benzene rings is 1. The van der Waals surface area contributed by atoms with E-state index in [0.29, 0.717) is 18.8 Å². The summed E-state index contributed by atoms with van der Waals surface area (Å²) in [5.74, 6) is 0.879. The number of carbonyl (C=O) groups excluding carboxylic acids is 1. The first-order chi connectivity index (χ1) is 12.2. The Morgan fingerprint density at radius 3 is 3.04 bits per heavy atom. The molecule has 0 spiro atoms. The molecule has 2 heterocycles. The van der Waals surface area contributed by atoms with Crippen LogP contribution in [0.2, 0.25) is 0 Å². The van der Waals surface area contributed by atoms with E-state index in [2.05, 4.69) is 20.0 Å². The van der Waals surface area contributed by atoms with E-state index in [9.17, 15) is 4.79 Å². The van der Waals surface area contributed by atoms with Gasteiger partial charge < -0.3 is 14.6 Å². The fourth-order valence-corrected chi connectivity index (χ4v) is 3.08. The second-order valence-electron chi connectivity index (χ2n) is 6.33. The molecule has 0 radical (unpaired) electrons. The summed E-state index contributed by atoms with van der Waals surface area (Å²) in [4.78, 5) is 16.8. The van der Waals surface area contributed by atoms with Crippen LogP contribution in [-0.2, 0) is 23.1 Å². The SMILES string of the molecule is CCOC1CC1C(=O)Nc1cnn(Cc2nc3ccccc3n2C)c1. The van der Waals surface area contributed by atoms with E-state index < -0.39 is 0 Å². The van der Waals surface area contributed by atoms with Crippen molar-refractivity contribution in [2.45, 2.75) is 26.0 Å². The van der Waals surface area contributed by atoms with E-state index in [0.717, 1.165) is 23.3 Å². The van der Waals surface area contributed by atoms with Crippen LogP contribution < -0.4 is 5.32 Å². The number of para-hydroxylation sites is 2. The summed E-state index contributed by atoms with van der Waals surface area (Å²) in [7, 11) is 2.00. The van der Waals surface area contributed by atoms with Crippen LogP contribution in [0, 0.1) is 5.92 Å². The molecule has 130 valence electrons. The highest BCUT2D eigenvalue weighted by Gasteiger charge is 2.44. The number of imidazole rings is 1. The molecule has 7 nitrogen and oxygen atoms in total. The third-order valence-electron chi connectivity index (χ3n) is 4.53. The van der Waals surface area contributed by atoms with Crippen molar-refractivity contribution in [3.63, 3.8) is 0 Å². The van der Waals surface area contributed by atoms with Crippen molar-refractivity contribution < 1.29 is 9.53 Å². The highest BCUT2D eigenvalue weighted by atomic mass is 16.5. The molecule has 1 fully saturated rings. The Balaban J connectivity index is 1.43. The molecule has 1 amide bonds. The molecule has 25 heavy (non-hydrogen) atoms. The lowest BCUT2D eigenvalue weighted by Gasteiger charge is -2.03. The number of anilines is 1. The smallest absolute Gasteiger partial charge is 0.230 e. The van der Waals surface area contributed by atoms with E-state index in [1.807, 2.05) is 44.4 Å². The Morgan fingerprint density at radius 1 is 1.40 bits per heavy atom. The largest absolute Gasteiger partial charge is 0.378 e. The number of hydrogen-bond donors (Lipinski definition) is 1. The summed E-state index contributed by atoms with van der Waals surface area (Å²) in [5, 5.41) is 7.24. The maximum Gasteiger partial charge on any atom is 0.230 e. The minimum Gasteiger partial charge on any atom is -0.378 e. The van der Waals surface area contributed by atoms with Crippen LogP contribution in [0.3, 0.4) is 0 Å². The van der Waals surface area contributed by atoms with E-state index >= 15 is 0 Å². The van der Waals surface area contributed by atoms with E-state index in [1.165, 1.54) is 0 Å². The van der Waals surface area contributed by atoms with Crippen LogP contribution in [0.1, 0.15) is 19.2 Å². The molecule has 0 bridgehead atoms. The molecule has 4 rings (SSSR count). The molecule has 0 aliphatic heterocycles. The van der Waals surface area contributed by atoms with Gasteiger partial charge in [-0.25, -0.2) is 4.98 Å². The van der Waals surface area contributed by atoms with Gasteiger partial charge in [-0.1, -0.05) is 12.1 Å². The van der Waals surface area contributed by atoms with Gasteiger partial charge in [0.1, 0.15) is 5.82 Å². The van der Waals surface area contributed by atoms with Gasteiger partial charge in [0.15, 0.2) is 0 Å². The molecule has 1 aliphatic carbocycles. The average Bonchev–Trinajstić information content (AvgIpc) is 3.13. The van der Waals surface area contributed by atoms with E-state index in [1.54, 1.807) is 10.9 Å². The lowest BCUT2D eigenvalue weighted by Crippen LogP contribution is -2.16. The number of nitrogens with zero attached hydrogens (tertiary/aromatic N) is 4. The lowest BCUT2D eigenvalue weighted by molar-refractivity contribution is -0.118. The summed E-state index contributed by atoms with van der Waals surface area (Å²) in [6.07, 6.45) is 4.36. The molecule has 2 unspecified atom stereocenters. The van der Waals surface area contributed by atoms with Gasteiger partial charge in [-0.2, -0.15) is 5.10 Å². The van der Waals surface area contributed by atoms with Gasteiger partial charge in [0.05, 0.1) is 41.5 Å². The number of hydrogen-bond acceptors (Lipinski definition) is 4. The molecule has 0 saturated heterocycles. The molecule has 1 aromatic carbocycles. The number of fused-ring (bicyclic) bond motifs is 1. The summed E-state index contributed by atoms with van der Waals surface area (Å²) < 4.78 is 9.30. The first-order valence-electron chi connectivity index (χ1n) is 8.51. The van der Waals surface area contributed by atoms with Crippen molar-refractivity contribution in [1.82, 2.24) is 19.3 Å². The standard InChI is InChI=1S/C18H21N5O2/c1-3-25-16-8-13(16)18(24)20-12-9-19-23(10-12)11-17-21-14-6-4-5-7-15(14)22(17)2/h4-7,9-10,13,16H,3,8,11H2,1-2H3,(H,20,24). The number of aromatic nitrogens is 4. The zero-order chi connectivity index (χ0) is 17.4. The molecule has 1 aliphatic rings. The van der Waals surface area contributed by atoms with Gasteiger partial charge in [-0.15, -0.1) is 0 Å². The molecule has 1 N–H and O–H groups in total. The number of carbonyl (C=O) groups is 1. The molecule has 2 aromatic heterocycles. The van der Waals surface area contributed by atoms with Crippen molar-refractivity contribution in [2.24, 2.45) is 13.0 Å². The van der Waals surface area contributed by atoms with Crippen molar-refractivity contribution in [3.8, 4) is 0 Å². The number of aryl methyl sites for hydroxylation is 1. The average molecular weight is 339 g/mol. The minimum atomic E-state index is -0.0388. The molecular formula is C18H21N5O2. The molecule has 1 saturated carbocycles. The molecule has 7 heteroatoms. The maximum absolute atomic E-state index is 12.2. The fourth-order valence-electron chi connectivity index (χ4n) is 3.08. The van der Waals surface area contributed by atoms with Crippen LogP contribution in [-0.4, -0.2) is 37.9 Å². The normalized spacial score (nSPS) is 19.3.